The predicted molar refractivity (Wildman–Crippen MR) is 117 cm³/mol. The summed E-state index contributed by atoms with van der Waals surface area (Å²) in [4.78, 5) is 4.30. The molecule has 0 aliphatic carbocycles. The second-order valence-corrected chi connectivity index (χ2v) is 7.78. The van der Waals surface area contributed by atoms with Crippen molar-refractivity contribution in [3.8, 4) is 5.75 Å². The van der Waals surface area contributed by atoms with E-state index in [4.69, 9.17) is 11.6 Å². The molecule has 0 radical (unpaired) electrons. The largest absolute Gasteiger partial charge is 0.573 e. The van der Waals surface area contributed by atoms with Crippen molar-refractivity contribution < 1.29 is 23.0 Å². The predicted octanol–water partition coefficient (Wildman–Crippen LogP) is 4.74. The highest BCUT2D eigenvalue weighted by Crippen LogP contribution is 2.26. The van der Waals surface area contributed by atoms with Crippen LogP contribution in [-0.4, -0.2) is 55.2 Å². The van der Waals surface area contributed by atoms with Gasteiger partial charge in [-0.2, -0.15) is 0 Å². The third-order valence-electron chi connectivity index (χ3n) is 5.12. The average molecular weight is 456 g/mol. The first kappa shape index (κ1) is 23.2. The Morgan fingerprint density at radius 3 is 2.23 bits per heavy atom. The molecule has 1 aliphatic rings. The molecule has 0 spiro atoms. The number of ether oxygens (including phenoxy) is 1. The van der Waals surface area contributed by atoms with Crippen molar-refractivity contribution in [2.75, 3.05) is 43.0 Å². The van der Waals surface area contributed by atoms with Crippen molar-refractivity contribution >= 4 is 23.0 Å². The van der Waals surface area contributed by atoms with Crippen LogP contribution in [0.3, 0.4) is 0 Å². The van der Waals surface area contributed by atoms with Gasteiger partial charge in [0.2, 0.25) is 0 Å². The first-order valence-corrected chi connectivity index (χ1v) is 10.3. The zero-order chi connectivity index (χ0) is 22.4. The first-order valence-electron chi connectivity index (χ1n) is 9.89. The summed E-state index contributed by atoms with van der Waals surface area (Å²) in [5.74, 6) is -0.234. The van der Waals surface area contributed by atoms with E-state index in [-0.39, 0.29) is 18.4 Å². The highest BCUT2D eigenvalue weighted by Gasteiger charge is 2.31. The quantitative estimate of drug-likeness (QED) is 0.602. The van der Waals surface area contributed by atoms with E-state index in [1.807, 2.05) is 12.1 Å². The maximum Gasteiger partial charge on any atom is 0.573 e. The van der Waals surface area contributed by atoms with Crippen molar-refractivity contribution in [2.45, 2.75) is 18.8 Å². The van der Waals surface area contributed by atoms with Gasteiger partial charge in [-0.3, -0.25) is 4.90 Å². The Morgan fingerprint density at radius 1 is 1.06 bits per heavy atom. The van der Waals surface area contributed by atoms with Gasteiger partial charge in [-0.1, -0.05) is 18.2 Å². The van der Waals surface area contributed by atoms with Gasteiger partial charge in [-0.05, 0) is 48.5 Å². The lowest BCUT2D eigenvalue weighted by Crippen LogP contribution is -2.51. The van der Waals surface area contributed by atoms with Crippen LogP contribution in [0.4, 0.5) is 24.5 Å². The highest BCUT2D eigenvalue weighted by atomic mass is 35.5. The molecule has 9 heteroatoms. The summed E-state index contributed by atoms with van der Waals surface area (Å²) in [6.45, 7) is 6.92. The number of hydrogen-bond acceptors (Lipinski definition) is 5. The van der Waals surface area contributed by atoms with Crippen LogP contribution >= 0.6 is 11.6 Å². The Bertz CT molecular complexity index is 852. The molecule has 3 rings (SSSR count). The molecule has 1 unspecified atom stereocenters. The molecule has 2 aromatic rings. The number of halogens is 4. The Balaban J connectivity index is 1.50. The van der Waals surface area contributed by atoms with E-state index in [9.17, 15) is 18.3 Å². The summed E-state index contributed by atoms with van der Waals surface area (Å²) < 4.78 is 40.8. The maximum absolute atomic E-state index is 12.3. The fraction of sp³-hybridized carbons (Fsp3) is 0.364. The zero-order valence-corrected chi connectivity index (χ0v) is 17.7. The molecule has 5 nitrogen and oxygen atoms in total. The monoisotopic (exact) mass is 455 g/mol. The van der Waals surface area contributed by atoms with E-state index in [0.717, 1.165) is 30.2 Å². The van der Waals surface area contributed by atoms with Crippen LogP contribution < -0.4 is 15.0 Å². The molecule has 0 amide bonds. The number of aliphatic hydroxyl groups excluding tert-OH is 1. The third-order valence-corrected chi connectivity index (χ3v) is 5.38. The van der Waals surface area contributed by atoms with Crippen molar-refractivity contribution in [3.63, 3.8) is 0 Å². The average Bonchev–Trinajstić information content (AvgIpc) is 2.73. The van der Waals surface area contributed by atoms with Crippen LogP contribution in [0.25, 0.3) is 0 Å². The van der Waals surface area contributed by atoms with Gasteiger partial charge in [0.25, 0.3) is 0 Å². The standard InChI is InChI=1S/C22H25ClF3N3O2/c1-16(27-18-4-2-17(23)3-5-18)14-20(15-30)29-12-10-28(11-13-29)19-6-8-21(9-7-19)31-22(24,25)26/h2-9,20,27,30H,1,10-15H2. The van der Waals surface area contributed by atoms with Gasteiger partial charge >= 0.3 is 6.36 Å². The van der Waals surface area contributed by atoms with E-state index in [0.29, 0.717) is 24.5 Å². The van der Waals surface area contributed by atoms with Crippen molar-refractivity contribution in [3.05, 3.63) is 65.8 Å². The number of hydrogen-bond donors (Lipinski definition) is 2. The van der Waals surface area contributed by atoms with Crippen LogP contribution in [0.2, 0.25) is 5.02 Å². The van der Waals surface area contributed by atoms with E-state index >= 15 is 0 Å². The van der Waals surface area contributed by atoms with Crippen LogP contribution in [-0.2, 0) is 0 Å². The summed E-state index contributed by atoms with van der Waals surface area (Å²) in [7, 11) is 0. The number of aliphatic hydroxyl groups is 1. The second kappa shape index (κ2) is 10.3. The number of nitrogens with one attached hydrogen (secondary N) is 1. The molecule has 0 bridgehead atoms. The normalized spacial score (nSPS) is 16.1. The molecule has 1 aliphatic heterocycles. The van der Waals surface area contributed by atoms with Crippen molar-refractivity contribution in [1.29, 1.82) is 0 Å². The SMILES string of the molecule is C=C(CC(CO)N1CCN(c2ccc(OC(F)(F)F)cc2)CC1)Nc1ccc(Cl)cc1. The van der Waals surface area contributed by atoms with Crippen molar-refractivity contribution in [1.82, 2.24) is 4.90 Å². The zero-order valence-electron chi connectivity index (χ0n) is 16.9. The molecule has 0 saturated carbocycles. The Labute approximate surface area is 184 Å². The number of rotatable bonds is 8. The van der Waals surface area contributed by atoms with Gasteiger partial charge < -0.3 is 20.1 Å². The Morgan fingerprint density at radius 2 is 1.68 bits per heavy atom. The van der Waals surface area contributed by atoms with Gasteiger partial charge in [0.1, 0.15) is 5.75 Å². The molecule has 1 heterocycles. The van der Waals surface area contributed by atoms with Gasteiger partial charge in [0.15, 0.2) is 0 Å². The molecule has 168 valence electrons. The van der Waals surface area contributed by atoms with Gasteiger partial charge in [0, 0.05) is 60.7 Å². The lowest BCUT2D eigenvalue weighted by molar-refractivity contribution is -0.274. The van der Waals surface area contributed by atoms with Crippen LogP contribution in [0.1, 0.15) is 6.42 Å². The molecule has 2 aromatic carbocycles. The summed E-state index contributed by atoms with van der Waals surface area (Å²) >= 11 is 5.90. The molecular weight excluding hydrogens is 431 g/mol. The fourth-order valence-electron chi connectivity index (χ4n) is 3.59. The topological polar surface area (TPSA) is 48.0 Å². The molecule has 1 fully saturated rings. The number of anilines is 2. The molecule has 1 saturated heterocycles. The highest BCUT2D eigenvalue weighted by molar-refractivity contribution is 6.30. The molecule has 0 aromatic heterocycles. The summed E-state index contributed by atoms with van der Waals surface area (Å²) in [6.07, 6.45) is -4.11. The van der Waals surface area contributed by atoms with Crippen molar-refractivity contribution in [2.24, 2.45) is 0 Å². The van der Waals surface area contributed by atoms with Crippen LogP contribution in [0, 0.1) is 0 Å². The number of nitrogens with zero attached hydrogens (tertiary/aromatic N) is 2. The second-order valence-electron chi connectivity index (χ2n) is 7.34. The molecular formula is C22H25ClF3N3O2. The van der Waals surface area contributed by atoms with Gasteiger partial charge in [-0.15, -0.1) is 13.2 Å². The van der Waals surface area contributed by atoms with E-state index < -0.39 is 6.36 Å². The van der Waals surface area contributed by atoms with E-state index in [2.05, 4.69) is 26.4 Å². The summed E-state index contributed by atoms with van der Waals surface area (Å²) in [5, 5.41) is 13.8. The van der Waals surface area contributed by atoms with Crippen LogP contribution in [0.15, 0.2) is 60.8 Å². The third kappa shape index (κ3) is 7.05. The fourth-order valence-corrected chi connectivity index (χ4v) is 3.71. The number of piperazine rings is 1. The molecule has 1 atom stereocenters. The molecule has 2 N–H and O–H groups in total. The van der Waals surface area contributed by atoms with Gasteiger partial charge in [-0.25, -0.2) is 0 Å². The summed E-state index contributed by atoms with van der Waals surface area (Å²) in [5.41, 5.74) is 2.52. The minimum atomic E-state index is -4.70. The Hall–Kier alpha value is -2.42. The number of alkyl halides is 3. The molecule has 31 heavy (non-hydrogen) atoms. The van der Waals surface area contributed by atoms with Gasteiger partial charge in [0.05, 0.1) is 6.61 Å². The lowest BCUT2D eigenvalue weighted by Gasteiger charge is -2.40. The number of benzene rings is 2. The minimum absolute atomic E-state index is 0.00476. The van der Waals surface area contributed by atoms with E-state index in [1.54, 1.807) is 24.3 Å². The first-order chi connectivity index (χ1) is 14.7. The minimum Gasteiger partial charge on any atom is -0.406 e. The van der Waals surface area contributed by atoms with E-state index in [1.165, 1.54) is 12.1 Å². The summed E-state index contributed by atoms with van der Waals surface area (Å²) in [6, 6.07) is 13.1. The Kier molecular flexibility index (Phi) is 7.69. The van der Waals surface area contributed by atoms with Crippen LogP contribution in [0.5, 0.6) is 5.75 Å². The lowest BCUT2D eigenvalue weighted by atomic mass is 10.1. The maximum atomic E-state index is 12.3. The smallest absolute Gasteiger partial charge is 0.406 e.